The number of halogens is 1. The number of nitrogens with zero attached hydrogens (tertiary/aromatic N) is 2. The van der Waals surface area contributed by atoms with E-state index in [1.54, 1.807) is 11.3 Å². The van der Waals surface area contributed by atoms with Crippen molar-refractivity contribution in [2.24, 2.45) is 0 Å². The first-order valence-corrected chi connectivity index (χ1v) is 7.86. The summed E-state index contributed by atoms with van der Waals surface area (Å²) < 4.78 is 3.35. The van der Waals surface area contributed by atoms with Crippen LogP contribution < -0.4 is 5.32 Å². The molecule has 0 bridgehead atoms. The van der Waals surface area contributed by atoms with Crippen LogP contribution in [0.5, 0.6) is 0 Å². The van der Waals surface area contributed by atoms with E-state index in [-0.39, 0.29) is 0 Å². The molecule has 0 unspecified atom stereocenters. The highest BCUT2D eigenvalue weighted by atomic mass is 35.5. The molecule has 0 spiro atoms. The van der Waals surface area contributed by atoms with Crippen LogP contribution in [0.15, 0.2) is 43.0 Å². The molecular weight excluding hydrogens is 290 g/mol. The van der Waals surface area contributed by atoms with Gasteiger partial charge in [0.1, 0.15) is 0 Å². The van der Waals surface area contributed by atoms with Crippen molar-refractivity contribution < 1.29 is 0 Å². The van der Waals surface area contributed by atoms with Crippen molar-refractivity contribution in [2.75, 3.05) is 6.54 Å². The normalized spacial score (nSPS) is 11.2. The molecule has 0 aliphatic heterocycles. The lowest BCUT2D eigenvalue weighted by atomic mass is 10.2. The highest BCUT2D eigenvalue weighted by molar-refractivity contribution is 7.19. The van der Waals surface area contributed by atoms with E-state index in [2.05, 4.69) is 33.1 Å². The zero-order valence-corrected chi connectivity index (χ0v) is 12.6. The van der Waals surface area contributed by atoms with Gasteiger partial charge in [0.2, 0.25) is 0 Å². The highest BCUT2D eigenvalue weighted by Gasteiger charge is 2.08. The Bertz CT molecular complexity index is 676. The summed E-state index contributed by atoms with van der Waals surface area (Å²) in [6.45, 7) is 2.80. The van der Waals surface area contributed by atoms with E-state index in [1.165, 1.54) is 9.58 Å². The molecule has 0 radical (unpaired) electrons. The summed E-state index contributed by atoms with van der Waals surface area (Å²) in [7, 11) is 0. The fourth-order valence-electron chi connectivity index (χ4n) is 2.19. The van der Waals surface area contributed by atoms with Crippen LogP contribution in [0.2, 0.25) is 5.02 Å². The van der Waals surface area contributed by atoms with Gasteiger partial charge in [-0.15, -0.1) is 11.3 Å². The molecule has 0 atom stereocenters. The van der Waals surface area contributed by atoms with E-state index < -0.39 is 0 Å². The van der Waals surface area contributed by atoms with E-state index in [9.17, 15) is 0 Å². The fraction of sp³-hybridized carbons (Fsp3) is 0.267. The molecule has 1 aromatic carbocycles. The van der Waals surface area contributed by atoms with Crippen molar-refractivity contribution in [3.8, 4) is 0 Å². The lowest BCUT2D eigenvalue weighted by molar-refractivity contribution is 0.583. The number of rotatable bonds is 6. The van der Waals surface area contributed by atoms with Gasteiger partial charge in [-0.05, 0) is 19.0 Å². The first kappa shape index (κ1) is 13.6. The molecule has 3 rings (SSSR count). The number of benzene rings is 1. The zero-order chi connectivity index (χ0) is 13.8. The molecule has 0 saturated heterocycles. The predicted molar refractivity (Wildman–Crippen MR) is 85.4 cm³/mol. The molecule has 0 fully saturated rings. The third-order valence-electron chi connectivity index (χ3n) is 3.22. The zero-order valence-electron chi connectivity index (χ0n) is 11.1. The summed E-state index contributed by atoms with van der Waals surface area (Å²) in [6, 6.07) is 8.28. The topological polar surface area (TPSA) is 29.9 Å². The first-order valence-electron chi connectivity index (χ1n) is 6.67. The van der Waals surface area contributed by atoms with E-state index in [1.807, 2.05) is 24.8 Å². The molecule has 0 amide bonds. The average molecular weight is 306 g/mol. The summed E-state index contributed by atoms with van der Waals surface area (Å²) in [5.41, 5.74) is 0. The lowest BCUT2D eigenvalue weighted by Gasteiger charge is -2.04. The Kier molecular flexibility index (Phi) is 4.35. The predicted octanol–water partition coefficient (Wildman–Crippen LogP) is 3.93. The number of thiophene rings is 1. The Morgan fingerprint density at radius 1 is 1.30 bits per heavy atom. The van der Waals surface area contributed by atoms with Gasteiger partial charge in [-0.1, -0.05) is 29.8 Å². The quantitative estimate of drug-likeness (QED) is 0.699. The largest absolute Gasteiger partial charge is 0.337 e. The molecule has 2 aromatic heterocycles. The Morgan fingerprint density at radius 2 is 2.20 bits per heavy atom. The smallest absolute Gasteiger partial charge is 0.0945 e. The maximum atomic E-state index is 6.41. The molecule has 1 N–H and O–H groups in total. The minimum absolute atomic E-state index is 0.835. The number of hydrogen-bond donors (Lipinski definition) is 1. The maximum absolute atomic E-state index is 6.41. The Hall–Kier alpha value is -1.36. The Morgan fingerprint density at radius 3 is 3.00 bits per heavy atom. The van der Waals surface area contributed by atoms with Gasteiger partial charge < -0.3 is 9.88 Å². The van der Waals surface area contributed by atoms with Crippen molar-refractivity contribution in [3.63, 3.8) is 0 Å². The van der Waals surface area contributed by atoms with Crippen LogP contribution >= 0.6 is 22.9 Å². The van der Waals surface area contributed by atoms with Crippen LogP contribution in [-0.2, 0) is 13.1 Å². The van der Waals surface area contributed by atoms with Crippen molar-refractivity contribution in [1.29, 1.82) is 0 Å². The number of aromatic nitrogens is 2. The summed E-state index contributed by atoms with van der Waals surface area (Å²) >= 11 is 8.18. The number of hydrogen-bond acceptors (Lipinski definition) is 3. The van der Waals surface area contributed by atoms with E-state index >= 15 is 0 Å². The van der Waals surface area contributed by atoms with Crippen LogP contribution in [0.1, 0.15) is 11.3 Å². The molecular formula is C15H16ClN3S. The molecule has 0 saturated carbocycles. The van der Waals surface area contributed by atoms with Crippen LogP contribution in [-0.4, -0.2) is 16.1 Å². The van der Waals surface area contributed by atoms with Gasteiger partial charge in [-0.2, -0.15) is 0 Å². The van der Waals surface area contributed by atoms with Crippen LogP contribution in [0, 0.1) is 0 Å². The second-order valence-corrected chi connectivity index (χ2v) is 6.18. The third kappa shape index (κ3) is 3.03. The fourth-order valence-corrected chi connectivity index (χ4v) is 3.66. The van der Waals surface area contributed by atoms with E-state index in [4.69, 9.17) is 11.6 Å². The molecule has 3 aromatic rings. The molecule has 2 heterocycles. The maximum Gasteiger partial charge on any atom is 0.0945 e. The molecule has 104 valence electrons. The lowest BCUT2D eigenvalue weighted by Crippen LogP contribution is -2.15. The third-order valence-corrected chi connectivity index (χ3v) is 4.93. The van der Waals surface area contributed by atoms with Crippen LogP contribution in [0.3, 0.4) is 0 Å². The highest BCUT2D eigenvalue weighted by Crippen LogP contribution is 2.34. The molecule has 5 heteroatoms. The molecule has 0 aliphatic carbocycles. The summed E-state index contributed by atoms with van der Waals surface area (Å²) in [5.74, 6) is 0. The van der Waals surface area contributed by atoms with Crippen molar-refractivity contribution in [1.82, 2.24) is 14.9 Å². The number of imidazole rings is 1. The molecule has 20 heavy (non-hydrogen) atoms. The van der Waals surface area contributed by atoms with Crippen LogP contribution in [0.4, 0.5) is 0 Å². The standard InChI is InChI=1S/C15H16ClN3S/c16-15-12-4-1-2-5-13(12)20-14(15)10-17-6-3-8-19-9-7-18-11-19/h1-2,4-5,7,9,11,17H,3,6,8,10H2. The number of fused-ring (bicyclic) bond motifs is 1. The minimum atomic E-state index is 0.835. The molecule has 0 aliphatic rings. The van der Waals surface area contributed by atoms with Gasteiger partial charge in [0.05, 0.1) is 11.3 Å². The Balaban J connectivity index is 1.51. The van der Waals surface area contributed by atoms with Gasteiger partial charge in [0.15, 0.2) is 0 Å². The minimum Gasteiger partial charge on any atom is -0.337 e. The van der Waals surface area contributed by atoms with Gasteiger partial charge in [-0.3, -0.25) is 0 Å². The SMILES string of the molecule is Clc1c(CNCCCn2ccnc2)sc2ccccc12. The Labute approximate surface area is 127 Å². The summed E-state index contributed by atoms with van der Waals surface area (Å²) in [4.78, 5) is 5.25. The van der Waals surface area contributed by atoms with Crippen molar-refractivity contribution >= 4 is 33.0 Å². The first-order chi connectivity index (χ1) is 9.84. The van der Waals surface area contributed by atoms with E-state index in [0.717, 1.165) is 36.5 Å². The van der Waals surface area contributed by atoms with Crippen LogP contribution in [0.25, 0.3) is 10.1 Å². The van der Waals surface area contributed by atoms with Gasteiger partial charge in [-0.25, -0.2) is 4.98 Å². The number of nitrogens with one attached hydrogen (secondary N) is 1. The van der Waals surface area contributed by atoms with Gasteiger partial charge in [0.25, 0.3) is 0 Å². The van der Waals surface area contributed by atoms with Crippen molar-refractivity contribution in [3.05, 3.63) is 52.9 Å². The van der Waals surface area contributed by atoms with Crippen molar-refractivity contribution in [2.45, 2.75) is 19.5 Å². The second kappa shape index (κ2) is 6.39. The summed E-state index contributed by atoms with van der Waals surface area (Å²) in [5, 5.41) is 5.52. The number of aryl methyl sites for hydroxylation is 1. The van der Waals surface area contributed by atoms with E-state index in [0.29, 0.717) is 0 Å². The monoisotopic (exact) mass is 305 g/mol. The second-order valence-electron chi connectivity index (χ2n) is 4.67. The summed E-state index contributed by atoms with van der Waals surface area (Å²) in [6.07, 6.45) is 6.73. The van der Waals surface area contributed by atoms with Gasteiger partial charge in [0, 0.05) is 40.4 Å². The van der Waals surface area contributed by atoms with Gasteiger partial charge >= 0.3 is 0 Å². The molecule has 3 nitrogen and oxygen atoms in total. The average Bonchev–Trinajstić information content (AvgIpc) is 3.08.